The summed E-state index contributed by atoms with van der Waals surface area (Å²) in [6.07, 6.45) is 10.8. The van der Waals surface area contributed by atoms with Crippen molar-refractivity contribution in [3.05, 3.63) is 47.5 Å². The van der Waals surface area contributed by atoms with Crippen molar-refractivity contribution >= 4 is 23.4 Å². The summed E-state index contributed by atoms with van der Waals surface area (Å²) in [5.41, 5.74) is 3.11. The van der Waals surface area contributed by atoms with Gasteiger partial charge >= 0.3 is 5.97 Å². The maximum atomic E-state index is 12.4. The van der Waals surface area contributed by atoms with Gasteiger partial charge in [0, 0.05) is 5.92 Å². The standard InChI is InChI=1S/C31H40N2O5/c1-19(34)24-11-12-25-23-10-9-21-17-22(13-15-30(21,2)26(23)14-16-31(24,25)3)33-38-18-27(35)32-28(29(36)37)20-7-5-4-6-8-20/h4-8,17,23-26,28H,9-16,18H2,1-3H3,(H,32,35)(H,36,37)/t23?,24?,25?,26?,28?,30-,31+/m0/s1. The first kappa shape index (κ1) is 26.6. The Kier molecular flexibility index (Phi) is 7.23. The van der Waals surface area contributed by atoms with Crippen LogP contribution < -0.4 is 5.32 Å². The van der Waals surface area contributed by atoms with Crippen molar-refractivity contribution in [3.8, 4) is 0 Å². The average molecular weight is 521 g/mol. The molecule has 5 unspecified atom stereocenters. The lowest BCUT2D eigenvalue weighted by atomic mass is 9.46. The van der Waals surface area contributed by atoms with E-state index in [4.69, 9.17) is 4.84 Å². The van der Waals surface area contributed by atoms with Gasteiger partial charge in [-0.25, -0.2) is 4.79 Å². The predicted octanol–water partition coefficient (Wildman–Crippen LogP) is 5.47. The van der Waals surface area contributed by atoms with Crippen LogP contribution in [0, 0.1) is 34.5 Å². The van der Waals surface area contributed by atoms with Crippen LogP contribution >= 0.6 is 0 Å². The van der Waals surface area contributed by atoms with Crippen LogP contribution in [0.3, 0.4) is 0 Å². The topological polar surface area (TPSA) is 105 Å². The van der Waals surface area contributed by atoms with Crippen molar-refractivity contribution in [1.82, 2.24) is 5.32 Å². The lowest BCUT2D eigenvalue weighted by Crippen LogP contribution is -2.51. The molecule has 204 valence electrons. The molecule has 0 aromatic heterocycles. The first-order valence-electron chi connectivity index (χ1n) is 14.1. The maximum Gasteiger partial charge on any atom is 0.330 e. The third-order valence-electron chi connectivity index (χ3n) is 10.5. The number of fused-ring (bicyclic) bond motifs is 5. The molecule has 2 N–H and O–H groups in total. The van der Waals surface area contributed by atoms with Crippen LogP contribution in [-0.4, -0.2) is 35.1 Å². The van der Waals surface area contributed by atoms with E-state index in [1.54, 1.807) is 37.3 Å². The van der Waals surface area contributed by atoms with Gasteiger partial charge in [0.05, 0.1) is 5.71 Å². The minimum absolute atomic E-state index is 0.152. The number of benzene rings is 1. The van der Waals surface area contributed by atoms with E-state index in [2.05, 4.69) is 30.4 Å². The third kappa shape index (κ3) is 4.69. The summed E-state index contributed by atoms with van der Waals surface area (Å²) >= 11 is 0. The Hall–Kier alpha value is -2.96. The number of allylic oxidation sites excluding steroid dienone is 2. The van der Waals surface area contributed by atoms with Crippen LogP contribution in [0.1, 0.15) is 83.7 Å². The molecule has 0 radical (unpaired) electrons. The summed E-state index contributed by atoms with van der Waals surface area (Å²) in [4.78, 5) is 41.8. The van der Waals surface area contributed by atoms with Crippen LogP contribution in [0.4, 0.5) is 0 Å². The van der Waals surface area contributed by atoms with E-state index < -0.39 is 17.9 Å². The van der Waals surface area contributed by atoms with Crippen molar-refractivity contribution < 1.29 is 24.3 Å². The minimum atomic E-state index is -1.13. The predicted molar refractivity (Wildman–Crippen MR) is 144 cm³/mol. The molecule has 1 amide bonds. The second-order valence-electron chi connectivity index (χ2n) is 12.4. The number of rotatable bonds is 7. The van der Waals surface area contributed by atoms with Crippen LogP contribution in [0.5, 0.6) is 0 Å². The summed E-state index contributed by atoms with van der Waals surface area (Å²) in [6, 6.07) is 7.47. The molecule has 3 fully saturated rings. The summed E-state index contributed by atoms with van der Waals surface area (Å²) in [7, 11) is 0. The van der Waals surface area contributed by atoms with Gasteiger partial charge in [-0.1, -0.05) is 54.9 Å². The molecule has 7 atom stereocenters. The Bertz CT molecular complexity index is 1160. The first-order chi connectivity index (χ1) is 18.1. The van der Waals surface area contributed by atoms with Crippen molar-refractivity contribution in [3.63, 3.8) is 0 Å². The van der Waals surface area contributed by atoms with E-state index in [1.165, 1.54) is 24.8 Å². The summed E-state index contributed by atoms with van der Waals surface area (Å²) < 4.78 is 0. The van der Waals surface area contributed by atoms with Gasteiger partial charge in [-0.2, -0.15) is 0 Å². The molecular weight excluding hydrogens is 480 g/mol. The monoisotopic (exact) mass is 520 g/mol. The van der Waals surface area contributed by atoms with Gasteiger partial charge in [-0.05, 0) is 98.5 Å². The number of ketones is 1. The molecule has 4 aliphatic carbocycles. The van der Waals surface area contributed by atoms with Crippen LogP contribution in [0.25, 0.3) is 0 Å². The molecule has 7 heteroatoms. The average Bonchev–Trinajstić information content (AvgIpc) is 3.25. The fourth-order valence-corrected chi connectivity index (χ4v) is 8.62. The molecule has 0 bridgehead atoms. The summed E-state index contributed by atoms with van der Waals surface area (Å²) in [6.45, 7) is 6.27. The number of carboxylic acid groups (broad SMARTS) is 1. The highest BCUT2D eigenvalue weighted by Gasteiger charge is 2.59. The zero-order chi connectivity index (χ0) is 27.1. The molecule has 4 aliphatic rings. The minimum Gasteiger partial charge on any atom is -0.479 e. The van der Waals surface area contributed by atoms with E-state index in [9.17, 15) is 19.5 Å². The van der Waals surface area contributed by atoms with Crippen LogP contribution in [-0.2, 0) is 19.2 Å². The summed E-state index contributed by atoms with van der Waals surface area (Å²) in [5.74, 6) is 0.940. The molecule has 0 aliphatic heterocycles. The van der Waals surface area contributed by atoms with Gasteiger partial charge in [-0.15, -0.1) is 0 Å². The molecule has 38 heavy (non-hydrogen) atoms. The number of Topliss-reactive ketones (excluding diaryl/α,β-unsaturated/α-hetero) is 1. The Morgan fingerprint density at radius 2 is 1.82 bits per heavy atom. The lowest BCUT2D eigenvalue weighted by molar-refractivity contribution is -0.142. The van der Waals surface area contributed by atoms with Crippen LogP contribution in [0.15, 0.2) is 47.1 Å². The molecular formula is C31H40N2O5. The fourth-order valence-electron chi connectivity index (χ4n) is 8.62. The number of hydrogen-bond acceptors (Lipinski definition) is 5. The number of carbonyl (C=O) groups is 3. The number of amides is 1. The molecule has 0 heterocycles. The maximum absolute atomic E-state index is 12.4. The normalized spacial score (nSPS) is 35.8. The number of aliphatic carboxylic acids is 1. The van der Waals surface area contributed by atoms with E-state index in [0.29, 0.717) is 29.1 Å². The van der Waals surface area contributed by atoms with Gasteiger partial charge in [0.15, 0.2) is 12.6 Å². The molecule has 0 saturated heterocycles. The second-order valence-corrected chi connectivity index (χ2v) is 12.4. The number of oxime groups is 1. The van der Waals surface area contributed by atoms with Crippen molar-refractivity contribution in [1.29, 1.82) is 0 Å². The molecule has 7 nitrogen and oxygen atoms in total. The van der Waals surface area contributed by atoms with Crippen LogP contribution in [0.2, 0.25) is 0 Å². The first-order valence-corrected chi connectivity index (χ1v) is 14.1. The number of nitrogens with zero attached hydrogens (tertiary/aromatic N) is 1. The van der Waals surface area contributed by atoms with Crippen molar-refractivity contribution in [2.75, 3.05) is 6.61 Å². The Labute approximate surface area is 225 Å². The SMILES string of the molecule is CC(=O)C1CCC2C3CCC4=CC(=NOCC(=O)NC(C(=O)O)c5ccccc5)CC[C@]4(C)C3CC[C@]12C. The van der Waals surface area contributed by atoms with Gasteiger partial charge in [-0.3, -0.25) is 9.59 Å². The number of hydrogen-bond donors (Lipinski definition) is 2. The largest absolute Gasteiger partial charge is 0.479 e. The Morgan fingerprint density at radius 3 is 2.53 bits per heavy atom. The Balaban J connectivity index is 1.22. The van der Waals surface area contributed by atoms with Gasteiger partial charge in [0.2, 0.25) is 0 Å². The highest BCUT2D eigenvalue weighted by molar-refractivity contribution is 5.96. The van der Waals surface area contributed by atoms with E-state index in [-0.39, 0.29) is 23.4 Å². The quantitative estimate of drug-likeness (QED) is 0.464. The van der Waals surface area contributed by atoms with E-state index >= 15 is 0 Å². The lowest BCUT2D eigenvalue weighted by Gasteiger charge is -2.58. The molecule has 5 rings (SSSR count). The van der Waals surface area contributed by atoms with Crippen molar-refractivity contribution in [2.45, 2.75) is 78.2 Å². The van der Waals surface area contributed by atoms with Gasteiger partial charge in [0.25, 0.3) is 5.91 Å². The second kappa shape index (κ2) is 10.3. The highest BCUT2D eigenvalue weighted by Crippen LogP contribution is 2.66. The Morgan fingerprint density at radius 1 is 1.05 bits per heavy atom. The zero-order valence-electron chi connectivity index (χ0n) is 22.7. The molecule has 0 spiro atoms. The summed E-state index contributed by atoms with van der Waals surface area (Å²) in [5, 5.41) is 16.3. The molecule has 1 aromatic carbocycles. The van der Waals surface area contributed by atoms with E-state index in [1.807, 2.05) is 0 Å². The zero-order valence-corrected chi connectivity index (χ0v) is 22.7. The fraction of sp³-hybridized carbons (Fsp3) is 0.613. The third-order valence-corrected chi connectivity index (χ3v) is 10.5. The smallest absolute Gasteiger partial charge is 0.330 e. The molecule has 3 saturated carbocycles. The van der Waals surface area contributed by atoms with Crippen molar-refractivity contribution in [2.24, 2.45) is 39.7 Å². The van der Waals surface area contributed by atoms with E-state index in [0.717, 1.165) is 37.8 Å². The highest BCUT2D eigenvalue weighted by atomic mass is 16.6. The van der Waals surface area contributed by atoms with Gasteiger partial charge < -0.3 is 15.3 Å². The number of nitrogens with one attached hydrogen (secondary N) is 1. The van der Waals surface area contributed by atoms with Gasteiger partial charge in [0.1, 0.15) is 5.78 Å². The number of carbonyl (C=O) groups excluding carboxylic acids is 2. The number of carboxylic acids is 1. The molecule has 1 aromatic rings.